The first kappa shape index (κ1) is 19.5. The number of aryl methyl sites for hydroxylation is 1. The van der Waals surface area contributed by atoms with Gasteiger partial charge in [0.05, 0.1) is 10.6 Å². The summed E-state index contributed by atoms with van der Waals surface area (Å²) in [5, 5.41) is 7.32. The lowest BCUT2D eigenvalue weighted by atomic mass is 10.1. The Morgan fingerprint density at radius 2 is 2.03 bits per heavy atom. The van der Waals surface area contributed by atoms with Gasteiger partial charge in [0, 0.05) is 25.4 Å². The molecule has 8 heteroatoms. The van der Waals surface area contributed by atoms with E-state index in [-0.39, 0.29) is 11.9 Å². The van der Waals surface area contributed by atoms with E-state index in [9.17, 15) is 4.79 Å². The lowest BCUT2D eigenvalue weighted by molar-refractivity contribution is -0.117. The maximum absolute atomic E-state index is 12.3. The summed E-state index contributed by atoms with van der Waals surface area (Å²) in [6.07, 6.45) is 5.45. The van der Waals surface area contributed by atoms with Gasteiger partial charge in [0.25, 0.3) is 0 Å². The van der Waals surface area contributed by atoms with Crippen LogP contribution in [0, 0.1) is 6.92 Å². The summed E-state index contributed by atoms with van der Waals surface area (Å²) in [4.78, 5) is 28.7. The first-order valence-electron chi connectivity index (χ1n) is 9.73. The molecular weight excluding hydrogens is 384 g/mol. The van der Waals surface area contributed by atoms with Crippen LogP contribution in [0.1, 0.15) is 25.3 Å². The number of thiazole rings is 1. The largest absolute Gasteiger partial charge is 0.325 e. The molecule has 0 aromatic carbocycles. The molecule has 0 aliphatic carbocycles. The molecule has 1 saturated heterocycles. The second-order valence-corrected chi connectivity index (χ2v) is 8.14. The second-order valence-electron chi connectivity index (χ2n) is 7.13. The molecule has 0 atom stereocenters. The van der Waals surface area contributed by atoms with E-state index in [0.29, 0.717) is 0 Å². The van der Waals surface area contributed by atoms with Crippen LogP contribution in [-0.4, -0.2) is 40.0 Å². The zero-order valence-electron chi connectivity index (χ0n) is 16.6. The number of hydrogen-bond donors (Lipinski definition) is 2. The van der Waals surface area contributed by atoms with Gasteiger partial charge in [-0.1, -0.05) is 17.4 Å². The fourth-order valence-electron chi connectivity index (χ4n) is 3.48. The molecule has 7 nitrogen and oxygen atoms in total. The number of nitrogens with zero attached hydrogens (tertiary/aromatic N) is 4. The minimum Gasteiger partial charge on any atom is -0.325 e. The molecule has 0 radical (unpaired) electrons. The van der Waals surface area contributed by atoms with Crippen molar-refractivity contribution in [1.29, 1.82) is 0 Å². The first-order chi connectivity index (χ1) is 14.1. The first-order valence-corrected chi connectivity index (χ1v) is 10.6. The van der Waals surface area contributed by atoms with Gasteiger partial charge in [-0.2, -0.15) is 0 Å². The summed E-state index contributed by atoms with van der Waals surface area (Å²) in [6, 6.07) is 9.94. The van der Waals surface area contributed by atoms with E-state index < -0.39 is 0 Å². The predicted molar refractivity (Wildman–Crippen MR) is 117 cm³/mol. The van der Waals surface area contributed by atoms with E-state index in [2.05, 4.69) is 20.6 Å². The molecule has 1 aliphatic heterocycles. The van der Waals surface area contributed by atoms with Crippen molar-refractivity contribution in [1.82, 2.24) is 20.3 Å². The molecule has 2 N–H and O–H groups in total. The summed E-state index contributed by atoms with van der Waals surface area (Å²) in [7, 11) is 0. The number of aromatic nitrogens is 3. The number of piperidine rings is 1. The minimum atomic E-state index is 0.0340. The third-order valence-corrected chi connectivity index (χ3v) is 5.90. The number of amides is 1. The molecule has 3 aromatic rings. The van der Waals surface area contributed by atoms with Crippen LogP contribution in [0.25, 0.3) is 10.6 Å². The summed E-state index contributed by atoms with van der Waals surface area (Å²) in [5.41, 5.74) is 1.95. The van der Waals surface area contributed by atoms with Crippen molar-refractivity contribution >= 4 is 34.0 Å². The van der Waals surface area contributed by atoms with Crippen LogP contribution in [0.2, 0.25) is 0 Å². The number of hydrogen-bond acceptors (Lipinski definition) is 7. The van der Waals surface area contributed by atoms with Crippen LogP contribution in [0.5, 0.6) is 0 Å². The molecule has 4 rings (SSSR count). The monoisotopic (exact) mass is 408 g/mol. The van der Waals surface area contributed by atoms with Crippen LogP contribution in [-0.2, 0) is 4.79 Å². The second kappa shape index (κ2) is 8.67. The van der Waals surface area contributed by atoms with Gasteiger partial charge in [-0.05, 0) is 62.7 Å². The Morgan fingerprint density at radius 3 is 2.79 bits per heavy atom. The fourth-order valence-corrected chi connectivity index (χ4v) is 4.49. The van der Waals surface area contributed by atoms with E-state index in [1.807, 2.05) is 42.2 Å². The van der Waals surface area contributed by atoms with Gasteiger partial charge in [0.1, 0.15) is 11.6 Å². The Bertz CT molecular complexity index is 998. The number of carbonyl (C=O) groups excluding carboxylic acids is 1. The molecule has 0 bridgehead atoms. The molecule has 1 fully saturated rings. The van der Waals surface area contributed by atoms with Gasteiger partial charge in [-0.15, -0.1) is 0 Å². The standard InChI is InChI=1S/C21H24N6OS/c1-14-6-11-23-20(12-14)26-19-5-3-4-17(25-19)18-13-24-21(29-18)27(15(2)28)16-7-9-22-10-8-16/h3-6,11-13,16,22H,7-10H2,1-2H3,(H,23,25,26). The topological polar surface area (TPSA) is 83.0 Å². The molecule has 150 valence electrons. The number of rotatable bonds is 5. The number of nitrogens with one attached hydrogen (secondary N) is 2. The Balaban J connectivity index is 1.56. The van der Waals surface area contributed by atoms with Crippen LogP contribution in [0.15, 0.2) is 42.7 Å². The molecule has 0 saturated carbocycles. The summed E-state index contributed by atoms with van der Waals surface area (Å²) < 4.78 is 0. The number of anilines is 3. The predicted octanol–water partition coefficient (Wildman–Crippen LogP) is 3.76. The zero-order valence-corrected chi connectivity index (χ0v) is 17.4. The quantitative estimate of drug-likeness (QED) is 0.669. The average Bonchev–Trinajstić information content (AvgIpc) is 3.18. The highest BCUT2D eigenvalue weighted by atomic mass is 32.1. The molecule has 3 aromatic heterocycles. The van der Waals surface area contributed by atoms with Gasteiger partial charge in [0.2, 0.25) is 5.91 Å². The van der Waals surface area contributed by atoms with Crippen molar-refractivity contribution in [3.05, 3.63) is 48.3 Å². The van der Waals surface area contributed by atoms with E-state index in [1.165, 1.54) is 11.3 Å². The minimum absolute atomic E-state index is 0.0340. The highest BCUT2D eigenvalue weighted by Gasteiger charge is 2.27. The number of carbonyl (C=O) groups is 1. The Hall–Kier alpha value is -2.84. The SMILES string of the molecule is CC(=O)N(c1ncc(-c2cccc(Nc3cc(C)ccn3)n2)s1)C1CCNCC1. The molecule has 4 heterocycles. The summed E-state index contributed by atoms with van der Waals surface area (Å²) in [6.45, 7) is 5.49. The smallest absolute Gasteiger partial charge is 0.225 e. The van der Waals surface area contributed by atoms with Gasteiger partial charge < -0.3 is 10.6 Å². The average molecular weight is 409 g/mol. The maximum Gasteiger partial charge on any atom is 0.225 e. The zero-order chi connectivity index (χ0) is 20.2. The highest BCUT2D eigenvalue weighted by molar-refractivity contribution is 7.19. The Morgan fingerprint density at radius 1 is 1.21 bits per heavy atom. The van der Waals surface area contributed by atoms with Crippen molar-refractivity contribution in [2.24, 2.45) is 0 Å². The third kappa shape index (κ3) is 4.60. The van der Waals surface area contributed by atoms with Crippen molar-refractivity contribution in [2.75, 3.05) is 23.3 Å². The lowest BCUT2D eigenvalue weighted by Gasteiger charge is -2.32. The Kier molecular flexibility index (Phi) is 5.82. The summed E-state index contributed by atoms with van der Waals surface area (Å²) in [5.74, 6) is 1.51. The van der Waals surface area contributed by atoms with Gasteiger partial charge in [0.15, 0.2) is 5.13 Å². The van der Waals surface area contributed by atoms with Crippen molar-refractivity contribution in [2.45, 2.75) is 32.7 Å². The maximum atomic E-state index is 12.3. The van der Waals surface area contributed by atoms with E-state index in [4.69, 9.17) is 4.98 Å². The van der Waals surface area contributed by atoms with E-state index in [0.717, 1.165) is 58.8 Å². The van der Waals surface area contributed by atoms with Crippen molar-refractivity contribution in [3.63, 3.8) is 0 Å². The molecule has 1 aliphatic rings. The van der Waals surface area contributed by atoms with Gasteiger partial charge in [-0.3, -0.25) is 9.69 Å². The summed E-state index contributed by atoms with van der Waals surface area (Å²) >= 11 is 1.50. The van der Waals surface area contributed by atoms with E-state index >= 15 is 0 Å². The fraction of sp³-hybridized carbons (Fsp3) is 0.333. The highest BCUT2D eigenvalue weighted by Crippen LogP contribution is 2.33. The molecule has 29 heavy (non-hydrogen) atoms. The molecule has 0 unspecified atom stereocenters. The normalized spacial score (nSPS) is 14.6. The van der Waals surface area contributed by atoms with Gasteiger partial charge >= 0.3 is 0 Å². The molecule has 1 amide bonds. The number of pyridine rings is 2. The Labute approximate surface area is 174 Å². The van der Waals surface area contributed by atoms with Crippen LogP contribution >= 0.6 is 11.3 Å². The van der Waals surface area contributed by atoms with Crippen LogP contribution < -0.4 is 15.5 Å². The van der Waals surface area contributed by atoms with Crippen LogP contribution in [0.3, 0.4) is 0 Å². The van der Waals surface area contributed by atoms with Crippen molar-refractivity contribution in [3.8, 4) is 10.6 Å². The van der Waals surface area contributed by atoms with Gasteiger partial charge in [-0.25, -0.2) is 15.0 Å². The lowest BCUT2D eigenvalue weighted by Crippen LogP contribution is -2.45. The third-order valence-electron chi connectivity index (χ3n) is 4.89. The van der Waals surface area contributed by atoms with Crippen LogP contribution in [0.4, 0.5) is 16.8 Å². The van der Waals surface area contributed by atoms with Crippen molar-refractivity contribution < 1.29 is 4.79 Å². The molecular formula is C21H24N6OS. The van der Waals surface area contributed by atoms with E-state index in [1.54, 1.807) is 19.3 Å². The molecule has 0 spiro atoms.